The Kier molecular flexibility index (Phi) is 4.06. The van der Waals surface area contributed by atoms with Crippen molar-refractivity contribution in [2.75, 3.05) is 18.5 Å². The number of carboxylic acid groups (broad SMARTS) is 1. The van der Waals surface area contributed by atoms with Gasteiger partial charge in [-0.3, -0.25) is 0 Å². The van der Waals surface area contributed by atoms with Crippen LogP contribution in [0.4, 0.5) is 14.5 Å². The molecule has 0 spiro atoms. The summed E-state index contributed by atoms with van der Waals surface area (Å²) in [4.78, 5) is 12.0. The zero-order valence-electron chi connectivity index (χ0n) is 8.45. The van der Waals surface area contributed by atoms with E-state index in [0.717, 1.165) is 0 Å². The minimum atomic E-state index is -2.54. The third-order valence-electron chi connectivity index (χ3n) is 2.01. The van der Waals surface area contributed by atoms with Crippen LogP contribution in [0.15, 0.2) is 18.2 Å². The molecule has 1 aromatic rings. The Morgan fingerprint density at radius 2 is 2.19 bits per heavy atom. The van der Waals surface area contributed by atoms with Crippen LogP contribution in [-0.2, 0) is 0 Å². The fourth-order valence-electron chi connectivity index (χ4n) is 1.31. The van der Waals surface area contributed by atoms with E-state index in [1.807, 2.05) is 0 Å². The number of rotatable bonds is 4. The minimum absolute atomic E-state index is 0.0486. The number of benzene rings is 1. The fraction of sp³-hybridized carbons (Fsp3) is 0.300. The lowest BCUT2D eigenvalue weighted by molar-refractivity contribution is 0.0697. The largest absolute Gasteiger partial charge is 0.478 e. The maximum Gasteiger partial charge on any atom is 0.337 e. The van der Waals surface area contributed by atoms with E-state index >= 15 is 0 Å². The second-order valence-corrected chi connectivity index (χ2v) is 3.67. The highest BCUT2D eigenvalue weighted by Gasteiger charge is 2.16. The zero-order chi connectivity index (χ0) is 12.3. The molecule has 16 heavy (non-hydrogen) atoms. The number of hydrogen-bond donors (Lipinski definition) is 1. The second-order valence-electron chi connectivity index (χ2n) is 3.24. The standard InChI is InChI=1S/C10H10ClF2NO2/c1-14(5-9(12)13)8-4-6(11)2-3-7(8)10(15)16/h2-4,9H,5H2,1H3,(H,15,16). The normalized spacial score (nSPS) is 10.6. The van der Waals surface area contributed by atoms with Crippen LogP contribution in [0.2, 0.25) is 5.02 Å². The molecule has 0 atom stereocenters. The Bertz CT molecular complexity index is 398. The zero-order valence-corrected chi connectivity index (χ0v) is 9.21. The number of carbonyl (C=O) groups is 1. The van der Waals surface area contributed by atoms with Gasteiger partial charge in [-0.15, -0.1) is 0 Å². The predicted octanol–water partition coefficient (Wildman–Crippen LogP) is 2.74. The quantitative estimate of drug-likeness (QED) is 0.892. The summed E-state index contributed by atoms with van der Waals surface area (Å²) < 4.78 is 24.4. The van der Waals surface area contributed by atoms with Crippen molar-refractivity contribution >= 4 is 23.3 Å². The Balaban J connectivity index is 3.09. The van der Waals surface area contributed by atoms with Crippen LogP contribution in [-0.4, -0.2) is 31.1 Å². The van der Waals surface area contributed by atoms with Crippen molar-refractivity contribution in [1.82, 2.24) is 0 Å². The lowest BCUT2D eigenvalue weighted by Crippen LogP contribution is -2.25. The monoisotopic (exact) mass is 249 g/mol. The number of alkyl halides is 2. The highest BCUT2D eigenvalue weighted by molar-refractivity contribution is 6.31. The van der Waals surface area contributed by atoms with E-state index < -0.39 is 18.9 Å². The van der Waals surface area contributed by atoms with E-state index in [-0.39, 0.29) is 11.3 Å². The average molecular weight is 250 g/mol. The van der Waals surface area contributed by atoms with E-state index in [1.54, 1.807) is 0 Å². The fourth-order valence-corrected chi connectivity index (χ4v) is 1.47. The lowest BCUT2D eigenvalue weighted by atomic mass is 10.1. The first kappa shape index (κ1) is 12.7. The van der Waals surface area contributed by atoms with E-state index in [1.165, 1.54) is 30.1 Å². The Morgan fingerprint density at radius 3 is 2.69 bits per heavy atom. The van der Waals surface area contributed by atoms with Gasteiger partial charge in [0.05, 0.1) is 17.8 Å². The summed E-state index contributed by atoms with van der Waals surface area (Å²) in [6.07, 6.45) is -2.54. The Morgan fingerprint density at radius 1 is 1.56 bits per heavy atom. The summed E-state index contributed by atoms with van der Waals surface area (Å²) in [5, 5.41) is 9.19. The summed E-state index contributed by atoms with van der Waals surface area (Å²) in [6, 6.07) is 4.06. The molecule has 0 heterocycles. The summed E-state index contributed by atoms with van der Waals surface area (Å²) in [7, 11) is 1.39. The topological polar surface area (TPSA) is 40.5 Å². The van der Waals surface area contributed by atoms with Crippen LogP contribution in [0, 0.1) is 0 Å². The molecular weight excluding hydrogens is 240 g/mol. The Labute approximate surface area is 96.2 Å². The first-order valence-electron chi connectivity index (χ1n) is 4.44. The molecule has 0 aliphatic carbocycles. The molecule has 0 aliphatic heterocycles. The van der Waals surface area contributed by atoms with Crippen LogP contribution in [0.5, 0.6) is 0 Å². The molecule has 1 N–H and O–H groups in total. The van der Waals surface area contributed by atoms with Crippen LogP contribution in [0.1, 0.15) is 10.4 Å². The molecule has 0 unspecified atom stereocenters. The van der Waals surface area contributed by atoms with Gasteiger partial charge in [0.2, 0.25) is 0 Å². The maximum absolute atomic E-state index is 12.2. The van der Waals surface area contributed by atoms with Gasteiger partial charge in [0, 0.05) is 12.1 Å². The lowest BCUT2D eigenvalue weighted by Gasteiger charge is -2.20. The van der Waals surface area contributed by atoms with Crippen LogP contribution < -0.4 is 4.90 Å². The minimum Gasteiger partial charge on any atom is -0.478 e. The third kappa shape index (κ3) is 3.06. The molecule has 3 nitrogen and oxygen atoms in total. The molecule has 1 aromatic carbocycles. The van der Waals surface area contributed by atoms with E-state index in [4.69, 9.17) is 16.7 Å². The van der Waals surface area contributed by atoms with Crippen molar-refractivity contribution < 1.29 is 18.7 Å². The number of aromatic carboxylic acids is 1. The molecule has 6 heteroatoms. The summed E-state index contributed by atoms with van der Waals surface area (Å²) in [6.45, 7) is -0.541. The highest BCUT2D eigenvalue weighted by Crippen LogP contribution is 2.24. The number of nitrogens with zero attached hydrogens (tertiary/aromatic N) is 1. The van der Waals surface area contributed by atoms with Gasteiger partial charge < -0.3 is 10.0 Å². The van der Waals surface area contributed by atoms with Crippen molar-refractivity contribution in [3.05, 3.63) is 28.8 Å². The van der Waals surface area contributed by atoms with Crippen LogP contribution in [0.25, 0.3) is 0 Å². The number of anilines is 1. The summed E-state index contributed by atoms with van der Waals surface area (Å²) >= 11 is 5.70. The van der Waals surface area contributed by atoms with Gasteiger partial charge in [0.15, 0.2) is 0 Å². The van der Waals surface area contributed by atoms with Crippen molar-refractivity contribution in [2.45, 2.75) is 6.43 Å². The molecule has 0 saturated carbocycles. The molecular formula is C10H10ClF2NO2. The van der Waals surface area contributed by atoms with Crippen LogP contribution in [0.3, 0.4) is 0 Å². The van der Waals surface area contributed by atoms with E-state index in [9.17, 15) is 13.6 Å². The van der Waals surface area contributed by atoms with Gasteiger partial charge in [-0.05, 0) is 18.2 Å². The summed E-state index contributed by atoms with van der Waals surface area (Å²) in [5.74, 6) is -1.17. The maximum atomic E-state index is 12.2. The van der Waals surface area contributed by atoms with Crippen molar-refractivity contribution in [3.8, 4) is 0 Å². The van der Waals surface area contributed by atoms with Crippen molar-refractivity contribution in [3.63, 3.8) is 0 Å². The first-order valence-corrected chi connectivity index (χ1v) is 4.81. The molecule has 1 rings (SSSR count). The van der Waals surface area contributed by atoms with Gasteiger partial charge >= 0.3 is 5.97 Å². The number of carboxylic acids is 1. The van der Waals surface area contributed by atoms with Gasteiger partial charge in [0.25, 0.3) is 6.43 Å². The van der Waals surface area contributed by atoms with Crippen LogP contribution >= 0.6 is 11.6 Å². The summed E-state index contributed by atoms with van der Waals surface area (Å²) in [5.41, 5.74) is 0.132. The average Bonchev–Trinajstić information content (AvgIpc) is 2.15. The third-order valence-corrected chi connectivity index (χ3v) is 2.25. The van der Waals surface area contributed by atoms with Gasteiger partial charge in [-0.1, -0.05) is 11.6 Å². The van der Waals surface area contributed by atoms with Crippen molar-refractivity contribution in [1.29, 1.82) is 0 Å². The first-order chi connectivity index (χ1) is 7.41. The number of halogens is 3. The molecule has 0 aromatic heterocycles. The van der Waals surface area contributed by atoms with Crippen molar-refractivity contribution in [2.24, 2.45) is 0 Å². The van der Waals surface area contributed by atoms with Gasteiger partial charge in [0.1, 0.15) is 0 Å². The number of hydrogen-bond acceptors (Lipinski definition) is 2. The Hall–Kier alpha value is -1.36. The van der Waals surface area contributed by atoms with Gasteiger partial charge in [-0.2, -0.15) is 0 Å². The SMILES string of the molecule is CN(CC(F)F)c1cc(Cl)ccc1C(=O)O. The molecule has 0 fully saturated rings. The molecule has 0 amide bonds. The second kappa shape index (κ2) is 5.12. The van der Waals surface area contributed by atoms with E-state index in [2.05, 4.69) is 0 Å². The molecule has 0 saturated heterocycles. The highest BCUT2D eigenvalue weighted by atomic mass is 35.5. The molecule has 0 bridgehead atoms. The van der Waals surface area contributed by atoms with Gasteiger partial charge in [-0.25, -0.2) is 13.6 Å². The molecule has 88 valence electrons. The van der Waals surface area contributed by atoms with E-state index in [0.29, 0.717) is 5.02 Å². The predicted molar refractivity (Wildman–Crippen MR) is 57.7 cm³/mol. The molecule has 0 aliphatic rings. The smallest absolute Gasteiger partial charge is 0.337 e. The molecule has 0 radical (unpaired) electrons.